The molecule has 0 radical (unpaired) electrons. The van der Waals surface area contributed by atoms with E-state index in [0.717, 1.165) is 23.1 Å². The van der Waals surface area contributed by atoms with Gasteiger partial charge in [0.25, 0.3) is 0 Å². The fourth-order valence-corrected chi connectivity index (χ4v) is 3.31. The van der Waals surface area contributed by atoms with Gasteiger partial charge in [0, 0.05) is 43.0 Å². The summed E-state index contributed by atoms with van der Waals surface area (Å²) in [7, 11) is 1.62. The largest absolute Gasteiger partial charge is 0.359 e. The van der Waals surface area contributed by atoms with Gasteiger partial charge in [0.15, 0.2) is 11.6 Å². The molecule has 0 atom stereocenters. The molecule has 8 nitrogen and oxygen atoms in total. The van der Waals surface area contributed by atoms with E-state index >= 15 is 0 Å². The van der Waals surface area contributed by atoms with Crippen LogP contribution in [0.5, 0.6) is 0 Å². The van der Waals surface area contributed by atoms with E-state index in [2.05, 4.69) is 31.3 Å². The predicted molar refractivity (Wildman–Crippen MR) is 119 cm³/mol. The highest BCUT2D eigenvalue weighted by atomic mass is 35.5. The third-order valence-electron chi connectivity index (χ3n) is 4.78. The molecule has 2 heterocycles. The number of hydrogen-bond acceptors (Lipinski definition) is 7. The summed E-state index contributed by atoms with van der Waals surface area (Å²) in [4.78, 5) is 19.8. The molecule has 1 aromatic heterocycles. The van der Waals surface area contributed by atoms with Crippen molar-refractivity contribution < 1.29 is 9.18 Å². The van der Waals surface area contributed by atoms with Crippen LogP contribution in [0.15, 0.2) is 48.7 Å². The number of amides is 1. The number of hydrogen-bond donors (Lipinski definition) is 4. The highest BCUT2D eigenvalue weighted by Gasteiger charge is 2.19. The predicted octanol–water partition coefficient (Wildman–Crippen LogP) is 3.72. The number of nitrogens with one attached hydrogen (secondary N) is 4. The van der Waals surface area contributed by atoms with Crippen LogP contribution in [0.3, 0.4) is 0 Å². The van der Waals surface area contributed by atoms with Gasteiger partial charge < -0.3 is 21.0 Å². The van der Waals surface area contributed by atoms with Crippen molar-refractivity contribution in [2.24, 2.45) is 0 Å². The molecule has 0 fully saturated rings. The van der Waals surface area contributed by atoms with Crippen LogP contribution in [-0.2, 0) is 11.3 Å². The summed E-state index contributed by atoms with van der Waals surface area (Å²) in [6.45, 7) is 1.21. The van der Waals surface area contributed by atoms with Gasteiger partial charge >= 0.3 is 0 Å². The molecule has 0 unspecified atom stereocenters. The van der Waals surface area contributed by atoms with E-state index in [1.807, 2.05) is 23.2 Å². The summed E-state index contributed by atoms with van der Waals surface area (Å²) in [5, 5.41) is 11.2. The first kappa shape index (κ1) is 20.8. The smallest absolute Gasteiger partial charge is 0.229 e. The standard InChI is InChI=1S/C21H21ClFN7O/c1-24-19(31)8-9-30-18-7-6-16(10-13(18)11-26-30)28-21-25-12-17(23)20(29-21)27-15-4-2-14(22)3-5-15/h2-7,10,12,26H,8-9,11H2,1H3,(H,24,31)(H2,25,27,28,29). The summed E-state index contributed by atoms with van der Waals surface area (Å²) in [6, 6.07) is 12.7. The van der Waals surface area contributed by atoms with Crippen molar-refractivity contribution in [3.63, 3.8) is 0 Å². The normalized spacial score (nSPS) is 12.4. The van der Waals surface area contributed by atoms with Gasteiger partial charge in [-0.25, -0.2) is 14.8 Å². The first-order chi connectivity index (χ1) is 15.0. The van der Waals surface area contributed by atoms with Crippen molar-refractivity contribution in [3.05, 3.63) is 65.1 Å². The average Bonchev–Trinajstić information content (AvgIpc) is 3.18. The maximum atomic E-state index is 14.2. The number of fused-ring (bicyclic) bond motifs is 1. The van der Waals surface area contributed by atoms with E-state index in [1.54, 1.807) is 31.3 Å². The van der Waals surface area contributed by atoms with Gasteiger partial charge in [0.1, 0.15) is 0 Å². The fourth-order valence-electron chi connectivity index (χ4n) is 3.19. The first-order valence-electron chi connectivity index (χ1n) is 9.68. The quantitative estimate of drug-likeness (QED) is 0.444. The maximum Gasteiger partial charge on any atom is 0.229 e. The molecule has 0 bridgehead atoms. The van der Waals surface area contributed by atoms with E-state index in [1.165, 1.54) is 0 Å². The Bertz CT molecular complexity index is 1090. The molecule has 0 saturated heterocycles. The number of carbonyl (C=O) groups excluding carboxylic acids is 1. The maximum absolute atomic E-state index is 14.2. The summed E-state index contributed by atoms with van der Waals surface area (Å²) in [5.41, 5.74) is 6.79. The number of aromatic nitrogens is 2. The fraction of sp³-hybridized carbons (Fsp3) is 0.190. The van der Waals surface area contributed by atoms with E-state index in [-0.39, 0.29) is 17.7 Å². The van der Waals surface area contributed by atoms with Gasteiger partial charge in [-0.1, -0.05) is 11.6 Å². The molecule has 10 heteroatoms. The van der Waals surface area contributed by atoms with E-state index in [4.69, 9.17) is 11.6 Å². The van der Waals surface area contributed by atoms with Crippen LogP contribution in [0.1, 0.15) is 12.0 Å². The first-order valence-corrected chi connectivity index (χ1v) is 10.1. The number of hydrazine groups is 1. The second-order valence-corrected chi connectivity index (χ2v) is 7.34. The van der Waals surface area contributed by atoms with Crippen molar-refractivity contribution in [2.45, 2.75) is 13.0 Å². The Morgan fingerprint density at radius 3 is 2.74 bits per heavy atom. The lowest BCUT2D eigenvalue weighted by atomic mass is 10.1. The highest BCUT2D eigenvalue weighted by Crippen LogP contribution is 2.29. The number of benzene rings is 2. The van der Waals surface area contributed by atoms with Gasteiger partial charge in [0.2, 0.25) is 11.9 Å². The molecule has 1 aliphatic rings. The average molecular weight is 442 g/mol. The number of carbonyl (C=O) groups is 1. The molecule has 3 aromatic rings. The molecule has 31 heavy (non-hydrogen) atoms. The Balaban J connectivity index is 1.46. The lowest BCUT2D eigenvalue weighted by molar-refractivity contribution is -0.120. The number of rotatable bonds is 7. The van der Waals surface area contributed by atoms with Crippen LogP contribution in [0, 0.1) is 5.82 Å². The van der Waals surface area contributed by atoms with Crippen molar-refractivity contribution >= 4 is 46.3 Å². The minimum Gasteiger partial charge on any atom is -0.359 e. The Hall–Kier alpha value is -3.43. The molecule has 0 aliphatic carbocycles. The summed E-state index contributed by atoms with van der Waals surface area (Å²) in [6.07, 6.45) is 1.51. The third-order valence-corrected chi connectivity index (χ3v) is 5.03. The van der Waals surface area contributed by atoms with Crippen molar-refractivity contribution in [2.75, 3.05) is 29.2 Å². The molecular formula is C21H21ClFN7O. The summed E-state index contributed by atoms with van der Waals surface area (Å²) >= 11 is 5.89. The van der Waals surface area contributed by atoms with Gasteiger partial charge in [-0.3, -0.25) is 4.79 Å². The third kappa shape index (κ3) is 5.01. The molecule has 4 rings (SSSR count). The molecule has 4 N–H and O–H groups in total. The number of halogens is 2. The lowest BCUT2D eigenvalue weighted by Gasteiger charge is -2.19. The van der Waals surface area contributed by atoms with Crippen molar-refractivity contribution in [1.29, 1.82) is 0 Å². The van der Waals surface area contributed by atoms with Gasteiger partial charge in [0.05, 0.1) is 11.9 Å². The van der Waals surface area contributed by atoms with Gasteiger partial charge in [-0.2, -0.15) is 4.98 Å². The monoisotopic (exact) mass is 441 g/mol. The summed E-state index contributed by atoms with van der Waals surface area (Å²) < 4.78 is 14.2. The molecule has 0 spiro atoms. The van der Waals surface area contributed by atoms with Crippen LogP contribution in [0.25, 0.3) is 0 Å². The van der Waals surface area contributed by atoms with Crippen molar-refractivity contribution in [3.8, 4) is 0 Å². The van der Waals surface area contributed by atoms with E-state index in [9.17, 15) is 9.18 Å². The Morgan fingerprint density at radius 2 is 1.97 bits per heavy atom. The molecular weight excluding hydrogens is 421 g/mol. The highest BCUT2D eigenvalue weighted by molar-refractivity contribution is 6.30. The Labute approximate surface area is 183 Å². The van der Waals surface area contributed by atoms with Gasteiger partial charge in [-0.05, 0) is 48.0 Å². The molecule has 160 valence electrons. The molecule has 2 aromatic carbocycles. The van der Waals surface area contributed by atoms with Crippen LogP contribution in [-0.4, -0.2) is 29.5 Å². The van der Waals surface area contributed by atoms with Crippen LogP contribution in [0.2, 0.25) is 5.02 Å². The zero-order valence-corrected chi connectivity index (χ0v) is 17.5. The number of nitrogens with zero attached hydrogens (tertiary/aromatic N) is 3. The Morgan fingerprint density at radius 1 is 1.19 bits per heavy atom. The second kappa shape index (κ2) is 9.15. The van der Waals surface area contributed by atoms with Crippen LogP contribution >= 0.6 is 11.6 Å². The minimum absolute atomic E-state index is 0.00925. The minimum atomic E-state index is -0.564. The van der Waals surface area contributed by atoms with Crippen LogP contribution < -0.4 is 26.4 Å². The SMILES string of the molecule is CNC(=O)CCN1NCc2cc(Nc3ncc(F)c(Nc4ccc(Cl)cc4)n3)ccc21. The van der Waals surface area contributed by atoms with E-state index < -0.39 is 5.82 Å². The topological polar surface area (TPSA) is 94.2 Å². The molecule has 1 amide bonds. The Kier molecular flexibility index (Phi) is 6.15. The zero-order valence-electron chi connectivity index (χ0n) is 16.7. The summed E-state index contributed by atoms with van der Waals surface area (Å²) in [5.74, 6) is -0.251. The van der Waals surface area contributed by atoms with Crippen molar-refractivity contribution in [1.82, 2.24) is 20.7 Å². The number of anilines is 5. The van der Waals surface area contributed by atoms with Crippen LogP contribution in [0.4, 0.5) is 33.2 Å². The van der Waals surface area contributed by atoms with E-state index in [0.29, 0.717) is 30.2 Å². The molecule has 1 aliphatic heterocycles. The van der Waals surface area contributed by atoms with Gasteiger partial charge in [-0.15, -0.1) is 0 Å². The second-order valence-electron chi connectivity index (χ2n) is 6.90. The lowest BCUT2D eigenvalue weighted by Crippen LogP contribution is -2.35. The molecule has 0 saturated carbocycles. The zero-order chi connectivity index (χ0) is 21.8.